The van der Waals surface area contributed by atoms with Crippen molar-refractivity contribution >= 4 is 10.8 Å². The van der Waals surface area contributed by atoms with Crippen LogP contribution in [0.15, 0.2) is 53.1 Å². The topological polar surface area (TPSA) is 76.2 Å². The van der Waals surface area contributed by atoms with E-state index in [1.165, 1.54) is 0 Å². The average molecular weight is 342 g/mol. The van der Waals surface area contributed by atoms with E-state index >= 15 is 0 Å². The molecule has 1 atom stereocenters. The molecule has 2 aromatic carbocycles. The van der Waals surface area contributed by atoms with E-state index in [1.807, 2.05) is 55.5 Å². The Balaban J connectivity index is 1.64. The van der Waals surface area contributed by atoms with Gasteiger partial charge in [-0.1, -0.05) is 53.2 Å². The van der Waals surface area contributed by atoms with Crippen molar-refractivity contribution in [1.29, 1.82) is 0 Å². The smallest absolute Gasteiger partial charge is 0.239 e. The molecule has 0 radical (unpaired) electrons. The van der Waals surface area contributed by atoms with E-state index in [0.29, 0.717) is 17.5 Å². The molecule has 0 aliphatic heterocycles. The first-order valence-corrected chi connectivity index (χ1v) is 9.06. The maximum absolute atomic E-state index is 12.3. The number of aryl methyl sites for hydroxylation is 1. The molecule has 0 aliphatic rings. The average Bonchev–Trinajstić information content (AvgIpc) is 3.04. The first-order chi connectivity index (χ1) is 11.6. The van der Waals surface area contributed by atoms with Gasteiger partial charge in [0.25, 0.3) is 0 Å². The molecule has 1 aromatic heterocycles. The molecular formula is C18H18N2O3S. The van der Waals surface area contributed by atoms with Gasteiger partial charge in [0, 0.05) is 22.1 Å². The Hall–Kier alpha value is -2.31. The highest BCUT2D eigenvalue weighted by atomic mass is 32.2. The number of rotatable bonds is 6. The molecule has 0 bridgehead atoms. The quantitative estimate of drug-likeness (QED) is 0.745. The first kappa shape index (κ1) is 16.5. The summed E-state index contributed by atoms with van der Waals surface area (Å²) in [4.78, 5) is 4.33. The Bertz CT molecular complexity index is 843. The minimum atomic E-state index is -1.14. The maximum atomic E-state index is 12.3. The molecule has 24 heavy (non-hydrogen) atoms. The molecule has 3 rings (SSSR count). The number of benzene rings is 2. The lowest BCUT2D eigenvalue weighted by Gasteiger charge is -2.01. The van der Waals surface area contributed by atoms with Gasteiger partial charge in [-0.05, 0) is 24.1 Å². The molecule has 0 saturated carbocycles. The molecule has 1 unspecified atom stereocenters. The van der Waals surface area contributed by atoms with Crippen LogP contribution in [-0.2, 0) is 28.9 Å². The van der Waals surface area contributed by atoms with Gasteiger partial charge < -0.3 is 9.63 Å². The molecule has 0 amide bonds. The van der Waals surface area contributed by atoms with Crippen LogP contribution < -0.4 is 0 Å². The first-order valence-electron chi connectivity index (χ1n) is 7.57. The summed E-state index contributed by atoms with van der Waals surface area (Å²) in [7, 11) is -1.14. The number of hydrogen-bond donors (Lipinski definition) is 1. The molecule has 124 valence electrons. The lowest BCUT2D eigenvalue weighted by molar-refractivity contribution is 0.282. The SMILES string of the molecule is Cc1cccc(-c2noc(CS(=O)Cc3ccc(CO)cc3)n2)c1. The van der Waals surface area contributed by atoms with Crippen molar-refractivity contribution < 1.29 is 13.8 Å². The Morgan fingerprint density at radius 3 is 2.54 bits per heavy atom. The summed E-state index contributed by atoms with van der Waals surface area (Å²) in [6.45, 7) is 2.01. The minimum Gasteiger partial charge on any atom is -0.392 e. The predicted octanol–water partition coefficient (Wildman–Crippen LogP) is 2.99. The standard InChI is InChI=1S/C18H18N2O3S/c1-13-3-2-4-16(9-13)18-19-17(23-20-18)12-24(22)11-15-7-5-14(10-21)6-8-15/h2-9,21H,10-12H2,1H3. The van der Waals surface area contributed by atoms with Crippen molar-refractivity contribution in [2.75, 3.05) is 0 Å². The van der Waals surface area contributed by atoms with Crippen LogP contribution in [0.3, 0.4) is 0 Å². The molecule has 5 nitrogen and oxygen atoms in total. The third-order valence-corrected chi connectivity index (χ3v) is 4.79. The highest BCUT2D eigenvalue weighted by Crippen LogP contribution is 2.18. The third-order valence-electron chi connectivity index (χ3n) is 3.56. The lowest BCUT2D eigenvalue weighted by Crippen LogP contribution is -2.00. The van der Waals surface area contributed by atoms with Crippen LogP contribution in [0.25, 0.3) is 11.4 Å². The Morgan fingerprint density at radius 1 is 1.08 bits per heavy atom. The highest BCUT2D eigenvalue weighted by Gasteiger charge is 2.12. The van der Waals surface area contributed by atoms with Gasteiger partial charge in [-0.15, -0.1) is 0 Å². The Kier molecular flexibility index (Phi) is 5.17. The van der Waals surface area contributed by atoms with Crippen LogP contribution in [-0.4, -0.2) is 19.5 Å². The summed E-state index contributed by atoms with van der Waals surface area (Å²) in [5.41, 5.74) is 3.79. The fraction of sp³-hybridized carbons (Fsp3) is 0.222. The molecular weight excluding hydrogens is 324 g/mol. The molecule has 0 aliphatic carbocycles. The second kappa shape index (κ2) is 7.51. The molecule has 0 spiro atoms. The van der Waals surface area contributed by atoms with Gasteiger partial charge in [-0.2, -0.15) is 4.98 Å². The highest BCUT2D eigenvalue weighted by molar-refractivity contribution is 7.83. The summed E-state index contributed by atoms with van der Waals surface area (Å²) >= 11 is 0. The van der Waals surface area contributed by atoms with E-state index in [1.54, 1.807) is 0 Å². The zero-order valence-corrected chi connectivity index (χ0v) is 14.1. The van der Waals surface area contributed by atoms with Crippen molar-refractivity contribution in [3.8, 4) is 11.4 Å². The van der Waals surface area contributed by atoms with Gasteiger partial charge in [0.2, 0.25) is 11.7 Å². The number of nitrogens with zero attached hydrogens (tertiary/aromatic N) is 2. The Labute approximate surface area is 142 Å². The second-order valence-corrected chi connectivity index (χ2v) is 7.04. The lowest BCUT2D eigenvalue weighted by atomic mass is 10.1. The van der Waals surface area contributed by atoms with Gasteiger partial charge in [0.05, 0.1) is 6.61 Å². The fourth-order valence-corrected chi connectivity index (χ4v) is 3.39. The molecule has 1 heterocycles. The van der Waals surface area contributed by atoms with E-state index in [0.717, 1.165) is 22.3 Å². The zero-order valence-electron chi connectivity index (χ0n) is 13.3. The van der Waals surface area contributed by atoms with Gasteiger partial charge in [0.1, 0.15) is 5.75 Å². The largest absolute Gasteiger partial charge is 0.392 e. The molecule has 1 N–H and O–H groups in total. The zero-order chi connectivity index (χ0) is 16.9. The van der Waals surface area contributed by atoms with E-state index in [-0.39, 0.29) is 12.4 Å². The number of aromatic nitrogens is 2. The van der Waals surface area contributed by atoms with Crippen molar-refractivity contribution in [3.05, 3.63) is 71.1 Å². The Morgan fingerprint density at radius 2 is 1.83 bits per heavy atom. The minimum absolute atomic E-state index is 0.00703. The van der Waals surface area contributed by atoms with E-state index in [4.69, 9.17) is 9.63 Å². The molecule has 0 saturated heterocycles. The fourth-order valence-electron chi connectivity index (χ4n) is 2.33. The van der Waals surface area contributed by atoms with Crippen LogP contribution in [0, 0.1) is 6.92 Å². The van der Waals surface area contributed by atoms with Crippen LogP contribution in [0.1, 0.15) is 22.6 Å². The summed E-state index contributed by atoms with van der Waals surface area (Å²) in [6.07, 6.45) is 0. The maximum Gasteiger partial charge on any atom is 0.239 e. The van der Waals surface area contributed by atoms with Crippen LogP contribution in [0.4, 0.5) is 0 Å². The summed E-state index contributed by atoms with van der Waals surface area (Å²) in [6, 6.07) is 15.2. The van der Waals surface area contributed by atoms with Crippen LogP contribution >= 0.6 is 0 Å². The summed E-state index contributed by atoms with van der Waals surface area (Å²) in [5, 5.41) is 13.0. The summed E-state index contributed by atoms with van der Waals surface area (Å²) < 4.78 is 17.5. The van der Waals surface area contributed by atoms with Gasteiger partial charge in [0.15, 0.2) is 0 Å². The molecule has 3 aromatic rings. The van der Waals surface area contributed by atoms with Crippen LogP contribution in [0.2, 0.25) is 0 Å². The normalized spacial score (nSPS) is 12.2. The number of aliphatic hydroxyl groups is 1. The van der Waals surface area contributed by atoms with Gasteiger partial charge in [-0.3, -0.25) is 4.21 Å². The van der Waals surface area contributed by atoms with Crippen molar-refractivity contribution in [1.82, 2.24) is 10.1 Å². The van der Waals surface area contributed by atoms with Crippen molar-refractivity contribution in [3.63, 3.8) is 0 Å². The van der Waals surface area contributed by atoms with Crippen LogP contribution in [0.5, 0.6) is 0 Å². The molecule has 6 heteroatoms. The summed E-state index contributed by atoms with van der Waals surface area (Å²) in [5.74, 6) is 1.52. The van der Waals surface area contributed by atoms with E-state index in [9.17, 15) is 4.21 Å². The second-order valence-electron chi connectivity index (χ2n) is 5.58. The van der Waals surface area contributed by atoms with Crippen molar-refractivity contribution in [2.24, 2.45) is 0 Å². The van der Waals surface area contributed by atoms with E-state index in [2.05, 4.69) is 10.1 Å². The number of hydrogen-bond acceptors (Lipinski definition) is 5. The van der Waals surface area contributed by atoms with Gasteiger partial charge >= 0.3 is 0 Å². The number of aliphatic hydroxyl groups excluding tert-OH is 1. The van der Waals surface area contributed by atoms with Crippen molar-refractivity contribution in [2.45, 2.75) is 25.0 Å². The monoisotopic (exact) mass is 342 g/mol. The van der Waals surface area contributed by atoms with E-state index < -0.39 is 10.8 Å². The molecule has 0 fully saturated rings. The third kappa shape index (κ3) is 4.15. The van der Waals surface area contributed by atoms with Gasteiger partial charge in [-0.25, -0.2) is 0 Å². The predicted molar refractivity (Wildman–Crippen MR) is 92.4 cm³/mol.